The van der Waals surface area contributed by atoms with Crippen molar-refractivity contribution in [2.75, 3.05) is 18.1 Å². The number of ketones is 1. The molecule has 2 aliphatic rings. The second-order valence-corrected chi connectivity index (χ2v) is 12.8. The number of carbonyl (C=O) groups is 2. The van der Waals surface area contributed by atoms with Gasteiger partial charge in [-0.1, -0.05) is 37.3 Å². The van der Waals surface area contributed by atoms with Gasteiger partial charge in [-0.25, -0.2) is 4.98 Å². The number of Topliss-reactive ketones (excluding diaryl/α,β-unsaturated/α-hetero) is 1. The van der Waals surface area contributed by atoms with Crippen LogP contribution in [0, 0.1) is 12.8 Å². The summed E-state index contributed by atoms with van der Waals surface area (Å²) in [6, 6.07) is 15.7. The molecular formula is C35H36N2O6S. The first-order chi connectivity index (χ1) is 21.1. The van der Waals surface area contributed by atoms with Crippen molar-refractivity contribution in [3.8, 4) is 17.2 Å². The van der Waals surface area contributed by atoms with Gasteiger partial charge in [0.15, 0.2) is 16.6 Å². The molecule has 1 amide bonds. The van der Waals surface area contributed by atoms with E-state index in [2.05, 4.69) is 13.8 Å². The smallest absolute Gasteiger partial charge is 0.301 e. The van der Waals surface area contributed by atoms with Crippen LogP contribution in [0.2, 0.25) is 0 Å². The summed E-state index contributed by atoms with van der Waals surface area (Å²) in [5, 5.41) is 12.1. The lowest BCUT2D eigenvalue weighted by Gasteiger charge is -2.24. The van der Waals surface area contributed by atoms with E-state index in [1.165, 1.54) is 16.2 Å². The number of benzene rings is 3. The number of aromatic nitrogens is 1. The van der Waals surface area contributed by atoms with E-state index >= 15 is 0 Å². The van der Waals surface area contributed by atoms with Crippen LogP contribution in [0.4, 0.5) is 5.13 Å². The molecule has 8 nitrogen and oxygen atoms in total. The zero-order chi connectivity index (χ0) is 31.1. The Kier molecular flexibility index (Phi) is 8.07. The Morgan fingerprint density at radius 3 is 2.68 bits per heavy atom. The van der Waals surface area contributed by atoms with Crippen LogP contribution in [0.5, 0.6) is 17.2 Å². The zero-order valence-electron chi connectivity index (χ0n) is 25.5. The second kappa shape index (κ2) is 12.0. The van der Waals surface area contributed by atoms with Crippen molar-refractivity contribution in [3.63, 3.8) is 0 Å². The molecule has 0 radical (unpaired) electrons. The van der Waals surface area contributed by atoms with Gasteiger partial charge in [0, 0.05) is 12.0 Å². The fourth-order valence-corrected chi connectivity index (χ4v) is 6.77. The minimum Gasteiger partial charge on any atom is -0.507 e. The largest absolute Gasteiger partial charge is 0.507 e. The number of hydrogen-bond acceptors (Lipinski definition) is 8. The number of aliphatic hydroxyl groups is 1. The van der Waals surface area contributed by atoms with Crippen molar-refractivity contribution < 1.29 is 28.9 Å². The quantitative estimate of drug-likeness (QED) is 0.120. The minimum atomic E-state index is -0.941. The molecule has 3 heterocycles. The molecule has 44 heavy (non-hydrogen) atoms. The summed E-state index contributed by atoms with van der Waals surface area (Å²) in [6.07, 6.45) is 1.60. The molecule has 1 aromatic heterocycles. The van der Waals surface area contributed by atoms with Gasteiger partial charge in [-0.05, 0) is 92.3 Å². The van der Waals surface area contributed by atoms with Gasteiger partial charge in [0.1, 0.15) is 17.6 Å². The summed E-state index contributed by atoms with van der Waals surface area (Å²) in [7, 11) is 0. The molecule has 2 atom stereocenters. The summed E-state index contributed by atoms with van der Waals surface area (Å²) >= 11 is 1.34. The highest BCUT2D eigenvalue weighted by molar-refractivity contribution is 7.22. The molecule has 0 saturated carbocycles. The Morgan fingerprint density at radius 1 is 1.09 bits per heavy atom. The van der Waals surface area contributed by atoms with E-state index in [1.54, 1.807) is 24.3 Å². The molecule has 3 aromatic carbocycles. The Balaban J connectivity index is 1.50. The number of aliphatic hydroxyl groups excluding tert-OH is 1. The SMILES string of the molecule is CCOc1cc([C@H]2/C(=C(\O)c3ccc4c(c3)C[C@@H](C)O4)C(=O)C(=O)N2c2nc3ccc(C)cc3s2)ccc1OCCC(C)C. The molecule has 228 valence electrons. The highest BCUT2D eigenvalue weighted by Crippen LogP contribution is 2.46. The first-order valence-corrected chi connectivity index (χ1v) is 15.8. The third kappa shape index (κ3) is 5.52. The van der Waals surface area contributed by atoms with Crippen LogP contribution in [0.1, 0.15) is 62.4 Å². The normalized spacial score (nSPS) is 19.1. The number of hydrogen-bond donors (Lipinski definition) is 1. The molecule has 9 heteroatoms. The summed E-state index contributed by atoms with van der Waals surface area (Å²) in [4.78, 5) is 33.8. The molecule has 4 aromatic rings. The van der Waals surface area contributed by atoms with Gasteiger partial charge in [0.05, 0.1) is 35.0 Å². The number of ether oxygens (including phenoxy) is 3. The van der Waals surface area contributed by atoms with E-state index in [0.717, 1.165) is 33.5 Å². The standard InChI is InChI=1S/C35H36N2O6S/c1-6-41-28-18-22(8-12-27(28)42-14-13-19(2)3)31-30(32(38)23-9-11-26-24(17-23)16-21(5)43-26)33(39)34(40)37(31)35-36-25-10-7-20(4)15-29(25)44-35/h7-12,15,17-19,21,31,38H,6,13-14,16H2,1-5H3/b32-30+/t21-,31+/m1/s1. The Hall–Kier alpha value is -4.37. The van der Waals surface area contributed by atoms with Crippen molar-refractivity contribution >= 4 is 44.1 Å². The first-order valence-electron chi connectivity index (χ1n) is 15.0. The lowest BCUT2D eigenvalue weighted by Crippen LogP contribution is -2.29. The topological polar surface area (TPSA) is 98.2 Å². The summed E-state index contributed by atoms with van der Waals surface area (Å²) < 4.78 is 18.8. The van der Waals surface area contributed by atoms with Gasteiger partial charge in [0.25, 0.3) is 5.78 Å². The molecular weight excluding hydrogens is 576 g/mol. The molecule has 1 N–H and O–H groups in total. The van der Waals surface area contributed by atoms with Gasteiger partial charge < -0.3 is 19.3 Å². The number of rotatable bonds is 9. The van der Waals surface area contributed by atoms with Gasteiger partial charge in [-0.15, -0.1) is 0 Å². The molecule has 0 unspecified atom stereocenters. The van der Waals surface area contributed by atoms with Gasteiger partial charge in [0.2, 0.25) is 0 Å². The number of anilines is 1. The number of carbonyl (C=O) groups excluding carboxylic acids is 2. The maximum Gasteiger partial charge on any atom is 0.301 e. The zero-order valence-corrected chi connectivity index (χ0v) is 26.4. The van der Waals surface area contributed by atoms with Crippen LogP contribution in [0.15, 0.2) is 60.2 Å². The summed E-state index contributed by atoms with van der Waals surface area (Å²) in [5.74, 6) is 0.551. The minimum absolute atomic E-state index is 0.00623. The average Bonchev–Trinajstić information content (AvgIpc) is 3.65. The molecule has 0 bridgehead atoms. The highest BCUT2D eigenvalue weighted by Gasteiger charge is 2.48. The molecule has 1 saturated heterocycles. The van der Waals surface area contributed by atoms with E-state index in [4.69, 9.17) is 19.2 Å². The number of fused-ring (bicyclic) bond motifs is 2. The Labute approximate surface area is 260 Å². The first kappa shape index (κ1) is 29.7. The lowest BCUT2D eigenvalue weighted by atomic mass is 9.94. The van der Waals surface area contributed by atoms with Crippen molar-refractivity contribution in [1.82, 2.24) is 4.98 Å². The van der Waals surface area contributed by atoms with E-state index in [9.17, 15) is 14.7 Å². The van der Waals surface area contributed by atoms with Crippen LogP contribution >= 0.6 is 11.3 Å². The molecule has 2 aliphatic heterocycles. The van der Waals surface area contributed by atoms with Crippen molar-refractivity contribution in [3.05, 3.63) is 82.4 Å². The molecule has 0 aliphatic carbocycles. The maximum atomic E-state index is 13.8. The number of amides is 1. The molecule has 0 spiro atoms. The Morgan fingerprint density at radius 2 is 1.91 bits per heavy atom. The third-order valence-corrected chi connectivity index (χ3v) is 8.91. The predicted molar refractivity (Wildman–Crippen MR) is 172 cm³/mol. The third-order valence-electron chi connectivity index (χ3n) is 7.89. The van der Waals surface area contributed by atoms with Crippen LogP contribution in [-0.2, 0) is 16.0 Å². The second-order valence-electron chi connectivity index (χ2n) is 11.8. The van der Waals surface area contributed by atoms with E-state index in [-0.39, 0.29) is 17.4 Å². The van der Waals surface area contributed by atoms with Crippen LogP contribution in [0.3, 0.4) is 0 Å². The number of nitrogens with zero attached hydrogens (tertiary/aromatic N) is 2. The van der Waals surface area contributed by atoms with E-state index in [0.29, 0.717) is 53.3 Å². The molecule has 1 fully saturated rings. The predicted octanol–water partition coefficient (Wildman–Crippen LogP) is 7.38. The van der Waals surface area contributed by atoms with Crippen LogP contribution in [-0.4, -0.2) is 41.1 Å². The average molecular weight is 613 g/mol. The van der Waals surface area contributed by atoms with Gasteiger partial charge in [-0.3, -0.25) is 14.5 Å². The van der Waals surface area contributed by atoms with Crippen molar-refractivity contribution in [1.29, 1.82) is 0 Å². The van der Waals surface area contributed by atoms with Crippen LogP contribution in [0.25, 0.3) is 16.0 Å². The van der Waals surface area contributed by atoms with Crippen molar-refractivity contribution in [2.45, 2.75) is 59.6 Å². The van der Waals surface area contributed by atoms with Gasteiger partial charge >= 0.3 is 5.91 Å². The monoisotopic (exact) mass is 612 g/mol. The van der Waals surface area contributed by atoms with Crippen molar-refractivity contribution in [2.24, 2.45) is 5.92 Å². The maximum absolute atomic E-state index is 13.8. The fourth-order valence-electron chi connectivity index (χ4n) is 5.68. The Bertz CT molecular complexity index is 1790. The fraction of sp³-hybridized carbons (Fsp3) is 0.343. The van der Waals surface area contributed by atoms with E-state index < -0.39 is 17.7 Å². The van der Waals surface area contributed by atoms with Gasteiger partial charge in [-0.2, -0.15) is 0 Å². The summed E-state index contributed by atoms with van der Waals surface area (Å²) in [6.45, 7) is 11.1. The number of aryl methyl sites for hydroxylation is 1. The number of thiazole rings is 1. The highest BCUT2D eigenvalue weighted by atomic mass is 32.1. The lowest BCUT2D eigenvalue weighted by molar-refractivity contribution is -0.132. The van der Waals surface area contributed by atoms with E-state index in [1.807, 2.05) is 51.1 Å². The molecule has 6 rings (SSSR count). The summed E-state index contributed by atoms with van der Waals surface area (Å²) in [5.41, 5.74) is 3.77. The van der Waals surface area contributed by atoms with Crippen LogP contribution < -0.4 is 19.1 Å².